The fourth-order valence-corrected chi connectivity index (χ4v) is 7.27. The van der Waals surface area contributed by atoms with Gasteiger partial charge < -0.3 is 19.3 Å². The number of anilines is 1. The van der Waals surface area contributed by atoms with Crippen LogP contribution in [0.15, 0.2) is 48.5 Å². The molecule has 0 radical (unpaired) electrons. The summed E-state index contributed by atoms with van der Waals surface area (Å²) in [5.74, 6) is -0.0999. The average molecular weight is 646 g/mol. The molecule has 45 heavy (non-hydrogen) atoms. The molecule has 1 aliphatic heterocycles. The molecule has 1 aliphatic rings. The lowest BCUT2D eigenvalue weighted by Gasteiger charge is -2.36. The Hall–Kier alpha value is -3.94. The first-order chi connectivity index (χ1) is 21.5. The fourth-order valence-electron chi connectivity index (χ4n) is 6.91. The molecule has 0 saturated carbocycles. The predicted molar refractivity (Wildman–Crippen MR) is 183 cm³/mol. The van der Waals surface area contributed by atoms with Crippen LogP contribution in [0.3, 0.4) is 0 Å². The van der Waals surface area contributed by atoms with Crippen LogP contribution in [0, 0.1) is 27.7 Å². The molecular formula is C36H38Cl2N4O3. The van der Waals surface area contributed by atoms with Crippen LogP contribution < -0.4 is 9.64 Å². The number of halogens is 2. The van der Waals surface area contributed by atoms with Gasteiger partial charge in [0.2, 0.25) is 0 Å². The van der Waals surface area contributed by atoms with E-state index in [1.807, 2.05) is 62.8 Å². The number of benzene rings is 3. The summed E-state index contributed by atoms with van der Waals surface area (Å²) in [7, 11) is 1.97. The van der Waals surface area contributed by atoms with Crippen molar-refractivity contribution < 1.29 is 14.6 Å². The van der Waals surface area contributed by atoms with Gasteiger partial charge in [0.05, 0.1) is 34.9 Å². The topological polar surface area (TPSA) is 72.5 Å². The van der Waals surface area contributed by atoms with E-state index in [0.717, 1.165) is 75.0 Å². The maximum atomic E-state index is 11.8. The minimum Gasteiger partial charge on any atom is -0.494 e. The number of fused-ring (bicyclic) bond motifs is 3. The Labute approximate surface area is 273 Å². The van der Waals surface area contributed by atoms with E-state index in [9.17, 15) is 9.90 Å². The average Bonchev–Trinajstić information content (AvgIpc) is 3.45. The molecule has 0 fully saturated rings. The minimum atomic E-state index is -0.927. The van der Waals surface area contributed by atoms with Crippen molar-refractivity contribution >= 4 is 45.8 Å². The normalized spacial score (nSPS) is 14.7. The Morgan fingerprint density at radius 3 is 2.44 bits per heavy atom. The third-order valence-electron chi connectivity index (χ3n) is 9.07. The van der Waals surface area contributed by atoms with Gasteiger partial charge in [-0.2, -0.15) is 5.10 Å². The molecule has 5 aromatic rings. The fraction of sp³-hybridized carbons (Fsp3) is 0.333. The Balaban J connectivity index is 1.44. The second-order valence-electron chi connectivity index (χ2n) is 12.2. The van der Waals surface area contributed by atoms with E-state index in [0.29, 0.717) is 18.2 Å². The maximum Gasteiger partial charge on any atom is 0.335 e. The first-order valence-electron chi connectivity index (χ1n) is 15.3. The Kier molecular flexibility index (Phi) is 8.35. The summed E-state index contributed by atoms with van der Waals surface area (Å²) >= 11 is 13.4. The quantitative estimate of drug-likeness (QED) is 0.171. The predicted octanol–water partition coefficient (Wildman–Crippen LogP) is 8.87. The number of rotatable bonds is 8. The zero-order chi connectivity index (χ0) is 32.2. The van der Waals surface area contributed by atoms with Crippen molar-refractivity contribution in [3.05, 3.63) is 97.9 Å². The van der Waals surface area contributed by atoms with Crippen molar-refractivity contribution in [1.29, 1.82) is 0 Å². The molecule has 0 saturated heterocycles. The lowest BCUT2D eigenvalue weighted by molar-refractivity contribution is 0.0697. The van der Waals surface area contributed by atoms with Crippen molar-refractivity contribution in [2.75, 3.05) is 18.1 Å². The molecule has 7 nitrogen and oxygen atoms in total. The van der Waals surface area contributed by atoms with E-state index < -0.39 is 5.97 Å². The van der Waals surface area contributed by atoms with E-state index in [1.165, 1.54) is 16.6 Å². The largest absolute Gasteiger partial charge is 0.494 e. The highest BCUT2D eigenvalue weighted by molar-refractivity contribution is 6.35. The molecule has 3 heterocycles. The van der Waals surface area contributed by atoms with Gasteiger partial charge in [0.25, 0.3) is 0 Å². The monoisotopic (exact) mass is 644 g/mol. The highest BCUT2D eigenvalue weighted by Crippen LogP contribution is 2.45. The molecule has 9 heteroatoms. The Morgan fingerprint density at radius 1 is 1.04 bits per heavy atom. The van der Waals surface area contributed by atoms with Crippen LogP contribution in [0.4, 0.5) is 5.69 Å². The number of ether oxygens (including phenoxy) is 1. The standard InChI is InChI=1S/C36H38Cl2N4O3/c1-20-15-27(16-21(2)34(20)38)45-14-8-11-28-29-12-13-30(37)33(32-23(4)39-40(6)24(32)5)35(29)42-22(3)18-41(19-31(28)42)26-10-7-9-25(17-26)36(43)44/h7,9-10,12-13,15-17,22H,8,11,14,18-19H2,1-6H3,(H,43,44)/t22-/m1/s1. The molecule has 0 spiro atoms. The van der Waals surface area contributed by atoms with E-state index in [4.69, 9.17) is 33.0 Å². The molecule has 0 unspecified atom stereocenters. The third-order valence-corrected chi connectivity index (χ3v) is 9.98. The summed E-state index contributed by atoms with van der Waals surface area (Å²) in [4.78, 5) is 14.1. The Bertz CT molecular complexity index is 1930. The number of carboxylic acid groups (broad SMARTS) is 1. The number of aromatic carboxylic acids is 1. The number of aromatic nitrogens is 3. The molecule has 2 aromatic heterocycles. The smallest absolute Gasteiger partial charge is 0.335 e. The van der Waals surface area contributed by atoms with Gasteiger partial charge in [-0.25, -0.2) is 4.79 Å². The van der Waals surface area contributed by atoms with Gasteiger partial charge in [0.1, 0.15) is 5.75 Å². The second-order valence-corrected chi connectivity index (χ2v) is 13.0. The molecule has 0 bridgehead atoms. The number of hydrogen-bond donors (Lipinski definition) is 1. The van der Waals surface area contributed by atoms with Crippen LogP contribution in [0.5, 0.6) is 5.75 Å². The second kappa shape index (κ2) is 12.1. The molecule has 3 aromatic carbocycles. The molecule has 1 atom stereocenters. The summed E-state index contributed by atoms with van der Waals surface area (Å²) in [6.45, 7) is 12.3. The summed E-state index contributed by atoms with van der Waals surface area (Å²) in [6.07, 6.45) is 1.63. The summed E-state index contributed by atoms with van der Waals surface area (Å²) in [5.41, 5.74) is 10.9. The summed E-state index contributed by atoms with van der Waals surface area (Å²) in [6, 6.07) is 15.4. The van der Waals surface area contributed by atoms with Crippen molar-refractivity contribution in [3.8, 4) is 16.9 Å². The molecule has 0 amide bonds. The summed E-state index contributed by atoms with van der Waals surface area (Å²) < 4.78 is 10.6. The molecule has 6 rings (SSSR count). The highest BCUT2D eigenvalue weighted by atomic mass is 35.5. The van der Waals surface area contributed by atoms with Crippen molar-refractivity contribution in [2.45, 2.75) is 60.0 Å². The maximum absolute atomic E-state index is 11.8. The van der Waals surface area contributed by atoms with E-state index in [1.54, 1.807) is 12.1 Å². The van der Waals surface area contributed by atoms with Gasteiger partial charge in [-0.05, 0) is 101 Å². The number of aryl methyl sites for hydroxylation is 5. The van der Waals surface area contributed by atoms with Gasteiger partial charge in [0, 0.05) is 58.2 Å². The molecule has 234 valence electrons. The number of carboxylic acids is 1. The van der Waals surface area contributed by atoms with Crippen molar-refractivity contribution in [2.24, 2.45) is 7.05 Å². The SMILES string of the molecule is Cc1cc(OCCCc2c3n(c4c(-c5c(C)nn(C)c5C)c(Cl)ccc24)[C@H](C)CN(c2cccc(C(=O)O)c2)C3)cc(C)c1Cl. The van der Waals surface area contributed by atoms with Crippen LogP contribution in [0.25, 0.3) is 22.0 Å². The number of nitrogens with zero attached hydrogens (tertiary/aromatic N) is 4. The van der Waals surface area contributed by atoms with Crippen LogP contribution in [0.2, 0.25) is 10.0 Å². The van der Waals surface area contributed by atoms with Gasteiger partial charge in [-0.1, -0.05) is 35.3 Å². The van der Waals surface area contributed by atoms with E-state index >= 15 is 0 Å². The first-order valence-corrected chi connectivity index (χ1v) is 16.0. The number of carbonyl (C=O) groups is 1. The van der Waals surface area contributed by atoms with Gasteiger partial charge in [-0.3, -0.25) is 4.68 Å². The van der Waals surface area contributed by atoms with Gasteiger partial charge in [-0.15, -0.1) is 0 Å². The van der Waals surface area contributed by atoms with Crippen LogP contribution in [-0.2, 0) is 20.0 Å². The van der Waals surface area contributed by atoms with Crippen LogP contribution in [-0.4, -0.2) is 38.6 Å². The lowest BCUT2D eigenvalue weighted by atomic mass is 9.98. The van der Waals surface area contributed by atoms with E-state index in [-0.39, 0.29) is 11.6 Å². The lowest BCUT2D eigenvalue weighted by Crippen LogP contribution is -2.36. The zero-order valence-corrected chi connectivity index (χ0v) is 28.1. The summed E-state index contributed by atoms with van der Waals surface area (Å²) in [5, 5.41) is 17.0. The molecular weight excluding hydrogens is 607 g/mol. The van der Waals surface area contributed by atoms with Crippen molar-refractivity contribution in [1.82, 2.24) is 14.3 Å². The minimum absolute atomic E-state index is 0.101. The Morgan fingerprint density at radius 2 is 1.78 bits per heavy atom. The highest BCUT2D eigenvalue weighted by Gasteiger charge is 2.31. The first kappa shape index (κ1) is 31.1. The molecule has 0 aliphatic carbocycles. The van der Waals surface area contributed by atoms with Gasteiger partial charge in [0.15, 0.2) is 0 Å². The van der Waals surface area contributed by atoms with E-state index in [2.05, 4.69) is 29.4 Å². The van der Waals surface area contributed by atoms with Crippen LogP contribution >= 0.6 is 23.2 Å². The van der Waals surface area contributed by atoms with Crippen molar-refractivity contribution in [3.63, 3.8) is 0 Å². The van der Waals surface area contributed by atoms with Crippen LogP contribution in [0.1, 0.15) is 63.5 Å². The molecule has 1 N–H and O–H groups in total. The third kappa shape index (κ3) is 5.57. The number of hydrogen-bond acceptors (Lipinski definition) is 4. The zero-order valence-electron chi connectivity index (χ0n) is 26.5. The van der Waals surface area contributed by atoms with Gasteiger partial charge >= 0.3 is 5.97 Å².